The smallest absolute Gasteiger partial charge is 0.270 e. The van der Waals surface area contributed by atoms with Crippen molar-refractivity contribution >= 4 is 5.78 Å². The van der Waals surface area contributed by atoms with Gasteiger partial charge < -0.3 is 60.5 Å². The third-order valence-corrected chi connectivity index (χ3v) is 5.00. The number of carbonyl (C=O) groups excluding carboxylic acids is 1. The average Bonchev–Trinajstić information content (AvgIpc) is 2.64. The summed E-state index contributed by atoms with van der Waals surface area (Å²) >= 11 is 0. The van der Waals surface area contributed by atoms with Gasteiger partial charge in [-0.3, -0.25) is 4.79 Å². The molecule has 0 radical (unpaired) electrons. The van der Waals surface area contributed by atoms with Crippen LogP contribution in [0.5, 0.6) is 0 Å². The molecule has 2 fully saturated rings. The van der Waals surface area contributed by atoms with Gasteiger partial charge in [-0.05, 0) is 6.92 Å². The van der Waals surface area contributed by atoms with Crippen LogP contribution in [0.3, 0.4) is 0 Å². The fourth-order valence-electron chi connectivity index (χ4n) is 3.25. The number of hydrogen-bond acceptors (Lipinski definition) is 14. The van der Waals surface area contributed by atoms with Crippen LogP contribution in [-0.4, -0.2) is 130 Å². The lowest BCUT2D eigenvalue weighted by atomic mass is 9.80. The van der Waals surface area contributed by atoms with Crippen LogP contribution >= 0.6 is 0 Å². The van der Waals surface area contributed by atoms with Gasteiger partial charge in [0.2, 0.25) is 5.60 Å². The van der Waals surface area contributed by atoms with Crippen LogP contribution in [0.25, 0.3) is 0 Å². The SMILES string of the molecule is CC(=O)[C@]1(O)[C@@H](O)[C@H](O)[C@@H](CO)OC1(O)NC1(O)O[C@H](CO)[C@@H](O)[C@H](O)[C@H]1O. The summed E-state index contributed by atoms with van der Waals surface area (Å²) in [5.41, 5.74) is -3.35. The van der Waals surface area contributed by atoms with Gasteiger partial charge in [0.15, 0.2) is 11.9 Å². The normalized spacial score (nSPS) is 52.5. The maximum absolute atomic E-state index is 12.0. The molecular formula is C14H25NO13. The predicted molar refractivity (Wildman–Crippen MR) is 82.6 cm³/mol. The molecule has 14 heteroatoms. The maximum atomic E-state index is 12.0. The lowest BCUT2D eigenvalue weighted by Crippen LogP contribution is -2.85. The lowest BCUT2D eigenvalue weighted by molar-refractivity contribution is -0.441. The van der Waals surface area contributed by atoms with Gasteiger partial charge in [-0.1, -0.05) is 0 Å². The highest BCUT2D eigenvalue weighted by atomic mass is 16.7. The number of nitrogens with one attached hydrogen (secondary N) is 1. The number of ether oxygens (including phenoxy) is 2. The van der Waals surface area contributed by atoms with E-state index in [2.05, 4.69) is 0 Å². The topological polar surface area (TPSA) is 250 Å². The summed E-state index contributed by atoms with van der Waals surface area (Å²) in [6.45, 7) is -1.28. The minimum Gasteiger partial charge on any atom is -0.394 e. The fourth-order valence-corrected chi connectivity index (χ4v) is 3.25. The third kappa shape index (κ3) is 3.35. The van der Waals surface area contributed by atoms with Gasteiger partial charge in [-0.25, -0.2) is 5.32 Å². The zero-order chi connectivity index (χ0) is 21.7. The van der Waals surface area contributed by atoms with Crippen molar-refractivity contribution in [2.24, 2.45) is 0 Å². The van der Waals surface area contributed by atoms with E-state index in [4.69, 9.17) is 9.47 Å². The Morgan fingerprint density at radius 1 is 0.857 bits per heavy atom. The van der Waals surface area contributed by atoms with Crippen molar-refractivity contribution in [1.82, 2.24) is 5.32 Å². The molecule has 2 saturated heterocycles. The van der Waals surface area contributed by atoms with Crippen LogP contribution in [-0.2, 0) is 14.3 Å². The molecule has 2 aliphatic rings. The van der Waals surface area contributed by atoms with Gasteiger partial charge in [0.25, 0.3) is 11.8 Å². The predicted octanol–water partition coefficient (Wildman–Crippen LogP) is -7.22. The van der Waals surface area contributed by atoms with Crippen LogP contribution in [0.4, 0.5) is 0 Å². The Morgan fingerprint density at radius 3 is 1.82 bits per heavy atom. The van der Waals surface area contributed by atoms with E-state index in [9.17, 15) is 55.9 Å². The highest BCUT2D eigenvalue weighted by Gasteiger charge is 2.70. The number of rotatable bonds is 5. The second-order valence-corrected chi connectivity index (χ2v) is 6.83. The van der Waals surface area contributed by atoms with Crippen molar-refractivity contribution < 1.29 is 65.3 Å². The molecule has 2 aliphatic heterocycles. The van der Waals surface area contributed by atoms with Crippen molar-refractivity contribution in [2.75, 3.05) is 13.2 Å². The van der Waals surface area contributed by atoms with Gasteiger partial charge in [0, 0.05) is 0 Å². The van der Waals surface area contributed by atoms with Crippen molar-refractivity contribution in [1.29, 1.82) is 0 Å². The molecule has 2 unspecified atom stereocenters. The summed E-state index contributed by atoms with van der Waals surface area (Å²) < 4.78 is 9.74. The number of aliphatic hydroxyl groups excluding tert-OH is 7. The first-order valence-corrected chi connectivity index (χ1v) is 8.24. The van der Waals surface area contributed by atoms with Crippen molar-refractivity contribution in [3.05, 3.63) is 0 Å². The Morgan fingerprint density at radius 2 is 1.36 bits per heavy atom. The molecule has 0 bridgehead atoms. The van der Waals surface area contributed by atoms with Gasteiger partial charge in [0.1, 0.15) is 36.6 Å². The first kappa shape index (κ1) is 23.4. The molecule has 0 aromatic rings. The molecule has 28 heavy (non-hydrogen) atoms. The molecule has 0 aliphatic carbocycles. The van der Waals surface area contributed by atoms with Crippen molar-refractivity contribution in [3.63, 3.8) is 0 Å². The number of aliphatic hydroxyl groups is 10. The summed E-state index contributed by atoms with van der Waals surface area (Å²) in [5, 5.41) is 102. The van der Waals surface area contributed by atoms with E-state index in [-0.39, 0.29) is 0 Å². The second kappa shape index (κ2) is 7.77. The number of ketones is 1. The molecular weight excluding hydrogens is 390 g/mol. The van der Waals surface area contributed by atoms with E-state index in [0.717, 1.165) is 0 Å². The van der Waals surface area contributed by atoms with E-state index < -0.39 is 79.1 Å². The molecule has 0 aromatic carbocycles. The summed E-state index contributed by atoms with van der Waals surface area (Å²) in [6.07, 6.45) is -14.4. The van der Waals surface area contributed by atoms with Gasteiger partial charge >= 0.3 is 0 Å². The standard InChI is InChI=1S/C14H25NO13/c1-4(18)12(24)10(22)8(20)6(3-17)28-14(12,26)15-13(25)11(23)9(21)7(19)5(2-16)27-13/h5-11,15-17,19-26H,2-3H2,1H3/t5-,6-,7-,8-,9+,10+,11-,12+,13?,14?/m1/s1. The molecule has 0 spiro atoms. The van der Waals surface area contributed by atoms with E-state index in [1.807, 2.05) is 0 Å². The zero-order valence-corrected chi connectivity index (χ0v) is 14.7. The first-order chi connectivity index (χ1) is 12.8. The fraction of sp³-hybridized carbons (Fsp3) is 0.929. The molecule has 0 amide bonds. The molecule has 11 N–H and O–H groups in total. The van der Waals surface area contributed by atoms with Crippen molar-refractivity contribution in [3.8, 4) is 0 Å². The molecule has 164 valence electrons. The maximum Gasteiger partial charge on any atom is 0.270 e. The molecule has 2 heterocycles. The average molecular weight is 415 g/mol. The van der Waals surface area contributed by atoms with E-state index in [1.165, 1.54) is 0 Å². The van der Waals surface area contributed by atoms with Crippen LogP contribution in [0.1, 0.15) is 6.92 Å². The monoisotopic (exact) mass is 415 g/mol. The summed E-state index contributed by atoms with van der Waals surface area (Å²) in [6, 6.07) is 0. The van der Waals surface area contributed by atoms with Crippen LogP contribution in [0.2, 0.25) is 0 Å². The van der Waals surface area contributed by atoms with Crippen LogP contribution < -0.4 is 5.32 Å². The number of carbonyl (C=O) groups is 1. The van der Waals surface area contributed by atoms with E-state index in [1.54, 1.807) is 5.32 Å². The van der Waals surface area contributed by atoms with Gasteiger partial charge in [-0.15, -0.1) is 0 Å². The number of Topliss-reactive ketones (excluding diaryl/α,β-unsaturated/α-hetero) is 1. The Balaban J connectivity index is 2.48. The Bertz CT molecular complexity index is 592. The van der Waals surface area contributed by atoms with Crippen LogP contribution in [0, 0.1) is 0 Å². The molecule has 2 rings (SSSR count). The summed E-state index contributed by atoms with van der Waals surface area (Å²) in [7, 11) is 0. The second-order valence-electron chi connectivity index (χ2n) is 6.83. The quantitative estimate of drug-likeness (QED) is 0.187. The Hall–Kier alpha value is -0.850. The third-order valence-electron chi connectivity index (χ3n) is 5.00. The van der Waals surface area contributed by atoms with Crippen LogP contribution in [0.15, 0.2) is 0 Å². The highest BCUT2D eigenvalue weighted by molar-refractivity contribution is 5.87. The highest BCUT2D eigenvalue weighted by Crippen LogP contribution is 2.39. The number of hydrogen-bond donors (Lipinski definition) is 11. The molecule has 0 aromatic heterocycles. The molecule has 14 nitrogen and oxygen atoms in total. The summed E-state index contributed by atoms with van der Waals surface area (Å²) in [5.74, 6) is -8.09. The minimum absolute atomic E-state index is 0.697. The molecule has 0 saturated carbocycles. The largest absolute Gasteiger partial charge is 0.394 e. The van der Waals surface area contributed by atoms with Gasteiger partial charge in [-0.2, -0.15) is 0 Å². The minimum atomic E-state index is -3.48. The van der Waals surface area contributed by atoms with Gasteiger partial charge in [0.05, 0.1) is 13.2 Å². The zero-order valence-electron chi connectivity index (χ0n) is 14.7. The first-order valence-electron chi connectivity index (χ1n) is 8.24. The Labute approximate surface area is 157 Å². The summed E-state index contributed by atoms with van der Waals surface area (Å²) in [4.78, 5) is 12.0. The van der Waals surface area contributed by atoms with Crippen molar-refractivity contribution in [2.45, 2.75) is 67.1 Å². The van der Waals surface area contributed by atoms with E-state index >= 15 is 0 Å². The molecule has 10 atom stereocenters. The lowest BCUT2D eigenvalue weighted by Gasteiger charge is -2.55. The Kier molecular flexibility index (Phi) is 6.50. The van der Waals surface area contributed by atoms with E-state index in [0.29, 0.717) is 6.92 Å².